The number of amides is 1. The molecule has 0 saturated heterocycles. The molecule has 0 fully saturated rings. The van der Waals surface area contributed by atoms with Crippen molar-refractivity contribution in [1.29, 1.82) is 0 Å². The zero-order valence-electron chi connectivity index (χ0n) is 15.0. The van der Waals surface area contributed by atoms with Crippen molar-refractivity contribution in [3.05, 3.63) is 69.5 Å². The number of aryl methyl sites for hydroxylation is 1. The average molecular weight is 380 g/mol. The molecule has 28 heavy (non-hydrogen) atoms. The Labute approximate surface area is 159 Å². The van der Waals surface area contributed by atoms with Gasteiger partial charge in [-0.1, -0.05) is 6.07 Å². The van der Waals surface area contributed by atoms with Gasteiger partial charge < -0.3 is 9.67 Å². The number of carbonyl (C=O) groups excluding carboxylic acids is 1. The minimum Gasteiger partial charge on any atom is -0.506 e. The highest BCUT2D eigenvalue weighted by Crippen LogP contribution is 2.35. The van der Waals surface area contributed by atoms with E-state index in [0.29, 0.717) is 29.6 Å². The van der Waals surface area contributed by atoms with E-state index in [1.807, 2.05) is 6.92 Å². The molecule has 4 rings (SSSR count). The lowest BCUT2D eigenvalue weighted by atomic mass is 9.95. The number of benzene rings is 1. The molecule has 0 aliphatic carbocycles. The molecule has 8 heteroatoms. The third-order valence-electron chi connectivity index (χ3n) is 4.87. The summed E-state index contributed by atoms with van der Waals surface area (Å²) < 4.78 is 15.5. The summed E-state index contributed by atoms with van der Waals surface area (Å²) in [6.45, 7) is 1.85. The molecule has 1 unspecified atom stereocenters. The molecule has 2 N–H and O–H groups in total. The predicted octanol–water partition coefficient (Wildman–Crippen LogP) is 2.51. The van der Waals surface area contributed by atoms with Gasteiger partial charge >= 0.3 is 0 Å². The second-order valence-corrected chi connectivity index (χ2v) is 6.70. The van der Waals surface area contributed by atoms with Crippen molar-refractivity contribution < 1.29 is 14.3 Å². The van der Waals surface area contributed by atoms with E-state index in [0.717, 1.165) is 6.07 Å². The van der Waals surface area contributed by atoms with Crippen LogP contribution in [-0.4, -0.2) is 26.8 Å². The topological polar surface area (TPSA) is 96.6 Å². The maximum atomic E-state index is 14.0. The first-order valence-electron chi connectivity index (χ1n) is 8.81. The van der Waals surface area contributed by atoms with Crippen molar-refractivity contribution in [2.75, 3.05) is 0 Å². The zero-order chi connectivity index (χ0) is 19.8. The molecule has 1 aliphatic rings. The van der Waals surface area contributed by atoms with Crippen molar-refractivity contribution in [3.8, 4) is 5.75 Å². The fourth-order valence-electron chi connectivity index (χ4n) is 3.55. The average Bonchev–Trinajstić information content (AvgIpc) is 2.67. The summed E-state index contributed by atoms with van der Waals surface area (Å²) in [7, 11) is 0. The molecule has 0 bridgehead atoms. The molecular formula is C20H17FN4O3. The number of hydrazone groups is 1. The molecule has 7 nitrogen and oxygen atoms in total. The van der Waals surface area contributed by atoms with E-state index in [4.69, 9.17) is 0 Å². The summed E-state index contributed by atoms with van der Waals surface area (Å²) in [4.78, 5) is 29.6. The van der Waals surface area contributed by atoms with Crippen LogP contribution in [0.1, 0.15) is 41.0 Å². The van der Waals surface area contributed by atoms with E-state index in [-0.39, 0.29) is 11.4 Å². The molecule has 1 aromatic carbocycles. The van der Waals surface area contributed by atoms with Crippen molar-refractivity contribution in [3.63, 3.8) is 0 Å². The van der Waals surface area contributed by atoms with Crippen LogP contribution in [0.4, 0.5) is 4.39 Å². The number of hydrogen-bond acceptors (Lipinski definition) is 5. The van der Waals surface area contributed by atoms with Gasteiger partial charge in [0.05, 0.1) is 17.4 Å². The zero-order valence-corrected chi connectivity index (χ0v) is 15.0. The first-order chi connectivity index (χ1) is 13.5. The molecule has 1 aliphatic heterocycles. The smallest absolute Gasteiger partial charge is 0.280 e. The summed E-state index contributed by atoms with van der Waals surface area (Å²) in [5.74, 6) is -1.95. The largest absolute Gasteiger partial charge is 0.506 e. The lowest BCUT2D eigenvalue weighted by Gasteiger charge is -2.26. The Balaban J connectivity index is 1.80. The van der Waals surface area contributed by atoms with E-state index < -0.39 is 28.6 Å². The highest BCUT2D eigenvalue weighted by atomic mass is 19.1. The van der Waals surface area contributed by atoms with E-state index in [1.165, 1.54) is 16.8 Å². The highest BCUT2D eigenvalue weighted by molar-refractivity contribution is 6.03. The standard InChI is InChI=1S/C20H17FN4O3/c1-11-5-6-12-8-13(21)9-15-17(12)25(11)20(28)16(18(15)26)19(27)24-23-10-14-4-2-3-7-22-14/h2-4,7-11,26H,5-6H2,1H3,(H,24,27)/b23-10+. The van der Waals surface area contributed by atoms with Crippen LogP contribution in [0, 0.1) is 5.82 Å². The van der Waals surface area contributed by atoms with E-state index in [9.17, 15) is 19.1 Å². The third kappa shape index (κ3) is 2.92. The normalized spacial score (nSPS) is 15.9. The molecule has 1 atom stereocenters. The maximum absolute atomic E-state index is 14.0. The molecule has 3 heterocycles. The fraction of sp³-hybridized carbons (Fsp3) is 0.200. The van der Waals surface area contributed by atoms with Gasteiger partial charge in [-0.2, -0.15) is 5.10 Å². The van der Waals surface area contributed by atoms with Gasteiger partial charge in [-0.3, -0.25) is 14.6 Å². The Morgan fingerprint density at radius 3 is 3.00 bits per heavy atom. The van der Waals surface area contributed by atoms with Gasteiger partial charge in [0.15, 0.2) is 0 Å². The quantitative estimate of drug-likeness (QED) is 0.539. The Morgan fingerprint density at radius 1 is 1.43 bits per heavy atom. The van der Waals surface area contributed by atoms with Gasteiger partial charge in [0.2, 0.25) is 0 Å². The van der Waals surface area contributed by atoms with Gasteiger partial charge in [-0.15, -0.1) is 0 Å². The summed E-state index contributed by atoms with van der Waals surface area (Å²) in [6, 6.07) is 7.50. The van der Waals surface area contributed by atoms with Crippen LogP contribution in [0.2, 0.25) is 0 Å². The lowest BCUT2D eigenvalue weighted by molar-refractivity contribution is 0.0950. The second kappa shape index (κ2) is 6.88. The SMILES string of the molecule is CC1CCc2cc(F)cc3c(O)c(C(=O)N/N=C/c4ccccn4)c(=O)n1c23. The van der Waals surface area contributed by atoms with Crippen LogP contribution in [0.25, 0.3) is 10.9 Å². The minimum atomic E-state index is -0.871. The van der Waals surface area contributed by atoms with Crippen LogP contribution in [-0.2, 0) is 6.42 Å². The second-order valence-electron chi connectivity index (χ2n) is 6.70. The molecule has 0 radical (unpaired) electrons. The number of hydrogen-bond donors (Lipinski definition) is 2. The molecule has 3 aromatic rings. The lowest BCUT2D eigenvalue weighted by Crippen LogP contribution is -2.34. The number of aromatic hydroxyl groups is 1. The molecular weight excluding hydrogens is 363 g/mol. The van der Waals surface area contributed by atoms with Crippen LogP contribution in [0.5, 0.6) is 5.75 Å². The van der Waals surface area contributed by atoms with Crippen LogP contribution in [0.3, 0.4) is 0 Å². The van der Waals surface area contributed by atoms with E-state index >= 15 is 0 Å². The summed E-state index contributed by atoms with van der Waals surface area (Å²) in [5, 5.41) is 14.5. The molecule has 1 amide bonds. The van der Waals surface area contributed by atoms with Gasteiger partial charge in [0, 0.05) is 17.6 Å². The number of aromatic nitrogens is 2. The van der Waals surface area contributed by atoms with E-state index in [1.54, 1.807) is 24.4 Å². The van der Waals surface area contributed by atoms with Crippen molar-refractivity contribution in [1.82, 2.24) is 15.0 Å². The Bertz CT molecular complexity index is 1170. The monoisotopic (exact) mass is 380 g/mol. The molecule has 2 aromatic heterocycles. The minimum absolute atomic E-state index is 0.139. The van der Waals surface area contributed by atoms with Crippen LogP contribution < -0.4 is 11.0 Å². The number of pyridine rings is 2. The Morgan fingerprint density at radius 2 is 2.25 bits per heavy atom. The van der Waals surface area contributed by atoms with Crippen LogP contribution >= 0.6 is 0 Å². The Kier molecular flexibility index (Phi) is 4.38. The predicted molar refractivity (Wildman–Crippen MR) is 102 cm³/mol. The third-order valence-corrected chi connectivity index (χ3v) is 4.87. The maximum Gasteiger partial charge on any atom is 0.280 e. The number of halogens is 1. The first-order valence-corrected chi connectivity index (χ1v) is 8.81. The number of carbonyl (C=O) groups is 1. The van der Waals surface area contributed by atoms with Crippen LogP contribution in [0.15, 0.2) is 46.4 Å². The van der Waals surface area contributed by atoms with Gasteiger partial charge in [-0.25, -0.2) is 9.82 Å². The number of rotatable bonds is 3. The number of nitrogens with zero attached hydrogens (tertiary/aromatic N) is 3. The van der Waals surface area contributed by atoms with Gasteiger partial charge in [0.25, 0.3) is 11.5 Å². The van der Waals surface area contributed by atoms with E-state index in [2.05, 4.69) is 15.5 Å². The Hall–Kier alpha value is -3.55. The van der Waals surface area contributed by atoms with Crippen molar-refractivity contribution in [2.45, 2.75) is 25.8 Å². The van der Waals surface area contributed by atoms with Gasteiger partial charge in [0.1, 0.15) is 17.1 Å². The summed E-state index contributed by atoms with van der Waals surface area (Å²) in [6.07, 6.45) is 4.12. The van der Waals surface area contributed by atoms with Crippen molar-refractivity contribution >= 4 is 23.0 Å². The first kappa shape index (κ1) is 17.8. The van der Waals surface area contributed by atoms with Crippen molar-refractivity contribution in [2.24, 2.45) is 5.10 Å². The number of nitrogens with one attached hydrogen (secondary N) is 1. The summed E-state index contributed by atoms with van der Waals surface area (Å²) in [5.41, 5.74) is 2.76. The summed E-state index contributed by atoms with van der Waals surface area (Å²) >= 11 is 0. The molecule has 142 valence electrons. The van der Waals surface area contributed by atoms with Gasteiger partial charge in [-0.05, 0) is 49.6 Å². The molecule has 0 saturated carbocycles. The molecule has 0 spiro atoms. The fourth-order valence-corrected chi connectivity index (χ4v) is 3.55. The highest BCUT2D eigenvalue weighted by Gasteiger charge is 2.28.